The van der Waals surface area contributed by atoms with Crippen LogP contribution >= 0.6 is 0 Å². The van der Waals surface area contributed by atoms with Gasteiger partial charge in [-0.1, -0.05) is 50.3 Å². The molecule has 0 amide bonds. The van der Waals surface area contributed by atoms with E-state index in [9.17, 15) is 0 Å². The largest absolute Gasteiger partial charge is 0.340 e. The van der Waals surface area contributed by atoms with Gasteiger partial charge in [0.25, 0.3) is 0 Å². The van der Waals surface area contributed by atoms with Crippen LogP contribution in [0.3, 0.4) is 0 Å². The number of allylic oxidation sites excluding steroid dienone is 3. The monoisotopic (exact) mass is 253 g/mol. The van der Waals surface area contributed by atoms with Crippen LogP contribution in [-0.4, -0.2) is 10.4 Å². The average molecular weight is 253 g/mol. The van der Waals surface area contributed by atoms with Gasteiger partial charge in [-0.2, -0.15) is 0 Å². The van der Waals surface area contributed by atoms with Crippen molar-refractivity contribution in [2.45, 2.75) is 52.0 Å². The van der Waals surface area contributed by atoms with Crippen molar-refractivity contribution < 1.29 is 0 Å². The first-order valence-electron chi connectivity index (χ1n) is 7.12. The highest BCUT2D eigenvalue weighted by Crippen LogP contribution is 2.61. The molecule has 1 heterocycles. The first-order valence-corrected chi connectivity index (χ1v) is 7.12. The minimum Gasteiger partial charge on any atom is -0.340 e. The highest BCUT2D eigenvalue weighted by Gasteiger charge is 2.59. The fraction of sp³-hybridized carbons (Fsp3) is 0.444. The number of hydrogen-bond donors (Lipinski definition) is 0. The van der Waals surface area contributed by atoms with E-state index >= 15 is 0 Å². The van der Waals surface area contributed by atoms with Gasteiger partial charge in [0.2, 0.25) is 0 Å². The molecule has 19 heavy (non-hydrogen) atoms. The predicted octanol–water partition coefficient (Wildman–Crippen LogP) is 4.62. The van der Waals surface area contributed by atoms with Crippen LogP contribution in [0.4, 0.5) is 0 Å². The van der Waals surface area contributed by atoms with Crippen LogP contribution in [0, 0.1) is 0 Å². The molecule has 1 heteroatoms. The lowest BCUT2D eigenvalue weighted by molar-refractivity contribution is 0.286. The molecular weight excluding hydrogens is 230 g/mol. The second-order valence-corrected chi connectivity index (χ2v) is 6.72. The molecule has 1 aliphatic heterocycles. The van der Waals surface area contributed by atoms with Gasteiger partial charge in [0.1, 0.15) is 0 Å². The van der Waals surface area contributed by atoms with Crippen molar-refractivity contribution in [1.82, 2.24) is 4.90 Å². The highest BCUT2D eigenvalue weighted by molar-refractivity contribution is 5.54. The van der Waals surface area contributed by atoms with E-state index in [1.165, 1.54) is 23.4 Å². The van der Waals surface area contributed by atoms with Gasteiger partial charge in [0.05, 0.1) is 5.54 Å². The van der Waals surface area contributed by atoms with Crippen molar-refractivity contribution >= 4 is 0 Å². The maximum atomic E-state index is 2.51. The Labute approximate surface area is 116 Å². The second-order valence-electron chi connectivity index (χ2n) is 6.72. The van der Waals surface area contributed by atoms with Crippen molar-refractivity contribution in [2.75, 3.05) is 0 Å². The molecular formula is C18H23N. The zero-order valence-corrected chi connectivity index (χ0v) is 12.6. The van der Waals surface area contributed by atoms with Gasteiger partial charge in [-0.05, 0) is 38.3 Å². The Morgan fingerprint density at radius 1 is 1.26 bits per heavy atom. The molecule has 1 atom stereocenters. The van der Waals surface area contributed by atoms with Gasteiger partial charge >= 0.3 is 0 Å². The lowest BCUT2D eigenvalue weighted by Gasteiger charge is -2.40. The standard InChI is InChI=1S/C18H23N/c1-13(19-14(2)16-12-18(16,19)5)11-17(3,4)15-9-7-6-8-10-15/h6-11H,12H2,1-5H3/b13-11+. The SMILES string of the molecule is CC1=C2CC2(C)N1/C(C)=C/C(C)(C)c1ccccc1. The summed E-state index contributed by atoms with van der Waals surface area (Å²) in [6.07, 6.45) is 3.67. The molecule has 1 aliphatic carbocycles. The van der Waals surface area contributed by atoms with E-state index in [0.717, 1.165) is 0 Å². The predicted molar refractivity (Wildman–Crippen MR) is 80.8 cm³/mol. The molecule has 0 saturated heterocycles. The Morgan fingerprint density at radius 3 is 2.42 bits per heavy atom. The maximum absolute atomic E-state index is 2.51. The molecule has 0 bridgehead atoms. The summed E-state index contributed by atoms with van der Waals surface area (Å²) in [5.74, 6) is 0. The molecule has 1 nitrogen and oxygen atoms in total. The summed E-state index contributed by atoms with van der Waals surface area (Å²) in [6.45, 7) is 11.4. The summed E-state index contributed by atoms with van der Waals surface area (Å²) < 4.78 is 0. The Morgan fingerprint density at radius 2 is 1.89 bits per heavy atom. The van der Waals surface area contributed by atoms with E-state index in [2.05, 4.69) is 75.9 Å². The quantitative estimate of drug-likeness (QED) is 0.759. The summed E-state index contributed by atoms with van der Waals surface area (Å²) in [7, 11) is 0. The molecule has 0 radical (unpaired) electrons. The van der Waals surface area contributed by atoms with Gasteiger partial charge in [-0.25, -0.2) is 0 Å². The van der Waals surface area contributed by atoms with Crippen LogP contribution in [0.25, 0.3) is 0 Å². The zero-order valence-electron chi connectivity index (χ0n) is 12.6. The fourth-order valence-electron chi connectivity index (χ4n) is 3.68. The molecule has 0 aromatic heterocycles. The van der Waals surface area contributed by atoms with Gasteiger partial charge in [0, 0.05) is 16.8 Å². The fourth-order valence-corrected chi connectivity index (χ4v) is 3.68. The molecule has 1 fully saturated rings. The first-order chi connectivity index (χ1) is 8.86. The van der Waals surface area contributed by atoms with E-state index in [-0.39, 0.29) is 5.41 Å². The van der Waals surface area contributed by atoms with E-state index in [4.69, 9.17) is 0 Å². The van der Waals surface area contributed by atoms with Gasteiger partial charge in [0.15, 0.2) is 0 Å². The molecule has 1 unspecified atom stereocenters. The molecule has 100 valence electrons. The van der Waals surface area contributed by atoms with Crippen molar-refractivity contribution in [3.63, 3.8) is 0 Å². The van der Waals surface area contributed by atoms with Crippen LogP contribution in [0.15, 0.2) is 53.4 Å². The van der Waals surface area contributed by atoms with Crippen LogP contribution in [0.5, 0.6) is 0 Å². The summed E-state index contributed by atoms with van der Waals surface area (Å²) in [5.41, 5.74) is 6.31. The van der Waals surface area contributed by atoms with E-state index < -0.39 is 0 Å². The molecule has 0 spiro atoms. The van der Waals surface area contributed by atoms with Gasteiger partial charge < -0.3 is 4.90 Å². The molecule has 1 aromatic carbocycles. The Balaban J connectivity index is 1.88. The normalized spacial score (nSPS) is 26.2. The first kappa shape index (κ1) is 12.5. The maximum Gasteiger partial charge on any atom is 0.0687 e. The topological polar surface area (TPSA) is 3.24 Å². The van der Waals surface area contributed by atoms with E-state index in [0.29, 0.717) is 5.54 Å². The zero-order chi connectivity index (χ0) is 13.8. The number of rotatable bonds is 3. The Hall–Kier alpha value is -1.50. The minimum atomic E-state index is 0.0760. The Kier molecular flexibility index (Phi) is 2.47. The van der Waals surface area contributed by atoms with Crippen LogP contribution in [0.2, 0.25) is 0 Å². The summed E-state index contributed by atoms with van der Waals surface area (Å²) in [6, 6.07) is 10.8. The number of hydrogen-bond acceptors (Lipinski definition) is 1. The third-order valence-electron chi connectivity index (χ3n) is 4.75. The highest BCUT2D eigenvalue weighted by atomic mass is 15.3. The van der Waals surface area contributed by atoms with Gasteiger partial charge in [-0.3, -0.25) is 0 Å². The van der Waals surface area contributed by atoms with Gasteiger partial charge in [-0.15, -0.1) is 0 Å². The lowest BCUT2D eigenvalue weighted by atomic mass is 9.83. The van der Waals surface area contributed by atoms with Crippen molar-refractivity contribution in [3.05, 3.63) is 58.9 Å². The number of benzene rings is 1. The molecule has 1 saturated carbocycles. The number of fused-ring (bicyclic) bond motifs is 1. The smallest absolute Gasteiger partial charge is 0.0687 e. The lowest BCUT2D eigenvalue weighted by Crippen LogP contribution is -2.39. The third-order valence-corrected chi connectivity index (χ3v) is 4.75. The van der Waals surface area contributed by atoms with Crippen LogP contribution < -0.4 is 0 Å². The molecule has 1 aromatic rings. The Bertz CT molecular complexity index is 577. The minimum absolute atomic E-state index is 0.0760. The third kappa shape index (κ3) is 1.75. The molecule has 2 aliphatic rings. The van der Waals surface area contributed by atoms with Crippen molar-refractivity contribution in [2.24, 2.45) is 0 Å². The van der Waals surface area contributed by atoms with E-state index in [1.807, 2.05) is 0 Å². The average Bonchev–Trinajstić information content (AvgIpc) is 2.96. The van der Waals surface area contributed by atoms with Crippen LogP contribution in [0.1, 0.15) is 46.6 Å². The molecule has 0 N–H and O–H groups in total. The van der Waals surface area contributed by atoms with Crippen molar-refractivity contribution in [1.29, 1.82) is 0 Å². The molecule has 3 rings (SSSR count). The van der Waals surface area contributed by atoms with Crippen LogP contribution in [-0.2, 0) is 5.41 Å². The van der Waals surface area contributed by atoms with E-state index in [1.54, 1.807) is 5.57 Å². The summed E-state index contributed by atoms with van der Waals surface area (Å²) >= 11 is 0. The second kappa shape index (κ2) is 3.75. The number of nitrogens with zero attached hydrogens (tertiary/aromatic N) is 1. The summed E-state index contributed by atoms with van der Waals surface area (Å²) in [5, 5.41) is 0. The summed E-state index contributed by atoms with van der Waals surface area (Å²) in [4.78, 5) is 2.51. The van der Waals surface area contributed by atoms with Crippen molar-refractivity contribution in [3.8, 4) is 0 Å².